The standard InChI is InChI=1S/C15H12ClNO/c16-11-6-7-12-13(9-11)14(17-15(12)18)8-10-4-2-1-3-5-10/h1-7,9,14H,8H2,(H,17,18). The van der Waals surface area contributed by atoms with E-state index >= 15 is 0 Å². The lowest BCUT2D eigenvalue weighted by Crippen LogP contribution is -2.20. The van der Waals surface area contributed by atoms with E-state index in [1.807, 2.05) is 24.3 Å². The van der Waals surface area contributed by atoms with Crippen LogP contribution in [0.15, 0.2) is 48.5 Å². The summed E-state index contributed by atoms with van der Waals surface area (Å²) < 4.78 is 0. The first kappa shape index (κ1) is 11.3. The third kappa shape index (κ3) is 2.00. The Morgan fingerprint density at radius 2 is 1.89 bits per heavy atom. The molecule has 2 aromatic rings. The average Bonchev–Trinajstić information content (AvgIpc) is 2.67. The number of rotatable bonds is 2. The quantitative estimate of drug-likeness (QED) is 0.878. The second-order valence-corrected chi connectivity index (χ2v) is 4.88. The fraction of sp³-hybridized carbons (Fsp3) is 0.133. The van der Waals surface area contributed by atoms with Gasteiger partial charge in [-0.1, -0.05) is 41.9 Å². The summed E-state index contributed by atoms with van der Waals surface area (Å²) in [6, 6.07) is 15.6. The smallest absolute Gasteiger partial charge is 0.252 e. The molecule has 0 spiro atoms. The maximum Gasteiger partial charge on any atom is 0.252 e. The Morgan fingerprint density at radius 1 is 1.11 bits per heavy atom. The topological polar surface area (TPSA) is 29.1 Å². The Hall–Kier alpha value is -1.80. The van der Waals surface area contributed by atoms with E-state index in [-0.39, 0.29) is 11.9 Å². The van der Waals surface area contributed by atoms with Gasteiger partial charge >= 0.3 is 0 Å². The zero-order valence-corrected chi connectivity index (χ0v) is 10.4. The summed E-state index contributed by atoms with van der Waals surface area (Å²) >= 11 is 6.00. The number of halogens is 1. The molecule has 0 saturated carbocycles. The van der Waals surface area contributed by atoms with Crippen molar-refractivity contribution in [2.45, 2.75) is 12.5 Å². The Bertz CT molecular complexity index is 595. The molecule has 1 atom stereocenters. The molecule has 1 aliphatic heterocycles. The van der Waals surface area contributed by atoms with Crippen LogP contribution in [0.3, 0.4) is 0 Å². The normalized spacial score (nSPS) is 17.4. The van der Waals surface area contributed by atoms with Gasteiger partial charge in [-0.25, -0.2) is 0 Å². The van der Waals surface area contributed by atoms with Crippen molar-refractivity contribution in [2.75, 3.05) is 0 Å². The Morgan fingerprint density at radius 3 is 2.67 bits per heavy atom. The fourth-order valence-electron chi connectivity index (χ4n) is 2.35. The lowest BCUT2D eigenvalue weighted by atomic mass is 9.99. The summed E-state index contributed by atoms with van der Waals surface area (Å²) in [5.41, 5.74) is 2.94. The van der Waals surface area contributed by atoms with E-state index in [0.717, 1.165) is 17.5 Å². The van der Waals surface area contributed by atoms with Crippen molar-refractivity contribution in [1.82, 2.24) is 5.32 Å². The summed E-state index contributed by atoms with van der Waals surface area (Å²) in [6.45, 7) is 0. The first-order valence-corrected chi connectivity index (χ1v) is 6.26. The molecule has 1 aliphatic rings. The second-order valence-electron chi connectivity index (χ2n) is 4.45. The Labute approximate surface area is 111 Å². The molecule has 0 aliphatic carbocycles. The van der Waals surface area contributed by atoms with Crippen LogP contribution in [0.2, 0.25) is 5.02 Å². The number of nitrogens with one attached hydrogen (secondary N) is 1. The van der Waals surface area contributed by atoms with Crippen molar-refractivity contribution >= 4 is 17.5 Å². The molecule has 2 aromatic carbocycles. The van der Waals surface area contributed by atoms with E-state index < -0.39 is 0 Å². The van der Waals surface area contributed by atoms with Gasteiger partial charge < -0.3 is 5.32 Å². The molecule has 0 fully saturated rings. The Kier molecular flexibility index (Phi) is 2.80. The third-order valence-electron chi connectivity index (χ3n) is 3.22. The molecule has 0 bridgehead atoms. The van der Waals surface area contributed by atoms with Gasteiger partial charge in [0.25, 0.3) is 5.91 Å². The lowest BCUT2D eigenvalue weighted by molar-refractivity contribution is 0.0956. The van der Waals surface area contributed by atoms with Crippen LogP contribution in [0.4, 0.5) is 0 Å². The highest BCUT2D eigenvalue weighted by Gasteiger charge is 2.28. The van der Waals surface area contributed by atoms with Gasteiger partial charge in [-0.3, -0.25) is 4.79 Å². The number of amides is 1. The summed E-state index contributed by atoms with van der Waals surface area (Å²) in [7, 11) is 0. The van der Waals surface area contributed by atoms with Crippen LogP contribution in [0.1, 0.15) is 27.5 Å². The number of carbonyl (C=O) groups excluding carboxylic acids is 1. The van der Waals surface area contributed by atoms with Crippen LogP contribution in [0.25, 0.3) is 0 Å². The van der Waals surface area contributed by atoms with Gasteiger partial charge in [-0.2, -0.15) is 0 Å². The van der Waals surface area contributed by atoms with Crippen LogP contribution < -0.4 is 5.32 Å². The lowest BCUT2D eigenvalue weighted by Gasteiger charge is -2.11. The highest BCUT2D eigenvalue weighted by molar-refractivity contribution is 6.30. The van der Waals surface area contributed by atoms with Crippen molar-refractivity contribution in [3.8, 4) is 0 Å². The molecule has 90 valence electrons. The molecule has 1 amide bonds. The molecule has 0 saturated heterocycles. The SMILES string of the molecule is O=C1NC(Cc2ccccc2)c2cc(Cl)ccc21. The van der Waals surface area contributed by atoms with Crippen molar-refractivity contribution in [3.63, 3.8) is 0 Å². The maximum absolute atomic E-state index is 11.8. The molecule has 0 radical (unpaired) electrons. The molecule has 3 heteroatoms. The monoisotopic (exact) mass is 257 g/mol. The minimum atomic E-state index is -0.0115. The minimum absolute atomic E-state index is 0.0115. The van der Waals surface area contributed by atoms with E-state index in [2.05, 4.69) is 17.4 Å². The number of carbonyl (C=O) groups is 1. The van der Waals surface area contributed by atoms with E-state index in [0.29, 0.717) is 5.02 Å². The van der Waals surface area contributed by atoms with Crippen LogP contribution in [0, 0.1) is 0 Å². The molecule has 2 nitrogen and oxygen atoms in total. The Balaban J connectivity index is 1.93. The molecular formula is C15H12ClNO. The van der Waals surface area contributed by atoms with Crippen molar-refractivity contribution in [1.29, 1.82) is 0 Å². The highest BCUT2D eigenvalue weighted by Crippen LogP contribution is 2.30. The number of fused-ring (bicyclic) bond motifs is 1. The molecule has 1 N–H and O–H groups in total. The summed E-state index contributed by atoms with van der Waals surface area (Å²) in [6.07, 6.45) is 0.792. The van der Waals surface area contributed by atoms with Crippen LogP contribution >= 0.6 is 11.6 Å². The second kappa shape index (κ2) is 4.46. The van der Waals surface area contributed by atoms with Crippen molar-refractivity contribution in [3.05, 3.63) is 70.2 Å². The van der Waals surface area contributed by atoms with Gasteiger partial charge in [-0.05, 0) is 35.7 Å². The van der Waals surface area contributed by atoms with Gasteiger partial charge in [0.1, 0.15) is 0 Å². The largest absolute Gasteiger partial charge is 0.345 e. The predicted molar refractivity (Wildman–Crippen MR) is 71.8 cm³/mol. The van der Waals surface area contributed by atoms with Gasteiger partial charge in [-0.15, -0.1) is 0 Å². The van der Waals surface area contributed by atoms with Gasteiger partial charge in [0.2, 0.25) is 0 Å². The summed E-state index contributed by atoms with van der Waals surface area (Å²) in [5, 5.41) is 3.67. The predicted octanol–water partition coefficient (Wildman–Crippen LogP) is 3.37. The zero-order valence-electron chi connectivity index (χ0n) is 9.69. The van der Waals surface area contributed by atoms with Gasteiger partial charge in [0.15, 0.2) is 0 Å². The van der Waals surface area contributed by atoms with E-state index in [4.69, 9.17) is 11.6 Å². The summed E-state index contributed by atoms with van der Waals surface area (Å²) in [4.78, 5) is 11.8. The zero-order chi connectivity index (χ0) is 12.5. The molecular weight excluding hydrogens is 246 g/mol. The number of hydrogen-bond donors (Lipinski definition) is 1. The number of benzene rings is 2. The number of hydrogen-bond acceptors (Lipinski definition) is 1. The van der Waals surface area contributed by atoms with E-state index in [1.165, 1.54) is 5.56 Å². The fourth-order valence-corrected chi connectivity index (χ4v) is 2.53. The maximum atomic E-state index is 11.8. The van der Waals surface area contributed by atoms with Gasteiger partial charge in [0, 0.05) is 10.6 Å². The molecule has 0 aromatic heterocycles. The molecule has 18 heavy (non-hydrogen) atoms. The summed E-state index contributed by atoms with van der Waals surface area (Å²) in [5.74, 6) is -0.0115. The van der Waals surface area contributed by atoms with Crippen molar-refractivity contribution < 1.29 is 4.79 Å². The first-order valence-electron chi connectivity index (χ1n) is 5.88. The van der Waals surface area contributed by atoms with Crippen LogP contribution in [0.5, 0.6) is 0 Å². The van der Waals surface area contributed by atoms with Crippen LogP contribution in [-0.2, 0) is 6.42 Å². The van der Waals surface area contributed by atoms with Crippen LogP contribution in [-0.4, -0.2) is 5.91 Å². The minimum Gasteiger partial charge on any atom is -0.345 e. The highest BCUT2D eigenvalue weighted by atomic mass is 35.5. The molecule has 1 unspecified atom stereocenters. The van der Waals surface area contributed by atoms with Gasteiger partial charge in [0.05, 0.1) is 6.04 Å². The van der Waals surface area contributed by atoms with E-state index in [9.17, 15) is 4.79 Å². The molecule has 3 rings (SSSR count). The first-order chi connectivity index (χ1) is 8.74. The van der Waals surface area contributed by atoms with Crippen molar-refractivity contribution in [2.24, 2.45) is 0 Å². The molecule has 1 heterocycles. The average molecular weight is 258 g/mol. The third-order valence-corrected chi connectivity index (χ3v) is 3.46. The van der Waals surface area contributed by atoms with E-state index in [1.54, 1.807) is 12.1 Å².